The molecule has 0 radical (unpaired) electrons. The maximum absolute atomic E-state index is 13.4. The number of nitrogens with zero attached hydrogens (tertiary/aromatic N) is 1. The monoisotopic (exact) mass is 548 g/mol. The van der Waals surface area contributed by atoms with Gasteiger partial charge < -0.3 is 15.6 Å². The molecule has 5 rings (SSSR count). The van der Waals surface area contributed by atoms with E-state index in [4.69, 9.17) is 11.6 Å². The molecule has 1 heterocycles. The lowest BCUT2D eigenvalue weighted by Gasteiger charge is -2.14. The van der Waals surface area contributed by atoms with Gasteiger partial charge in [-0.25, -0.2) is 4.98 Å². The lowest BCUT2D eigenvalue weighted by molar-refractivity contribution is -0.137. The molecule has 0 saturated heterocycles. The Bertz CT molecular complexity index is 1510. The second kappa shape index (κ2) is 10.1. The van der Waals surface area contributed by atoms with Gasteiger partial charge in [-0.15, -0.1) is 12.4 Å². The molecule has 0 spiro atoms. The van der Waals surface area contributed by atoms with Crippen molar-refractivity contribution in [3.8, 4) is 0 Å². The van der Waals surface area contributed by atoms with Crippen molar-refractivity contribution in [2.24, 2.45) is 0 Å². The molecule has 1 aliphatic rings. The van der Waals surface area contributed by atoms with Crippen LogP contribution in [-0.2, 0) is 6.18 Å². The SMILES string of the molecule is Cc1c(Cl)cccc1NC(=O)c1cc(NC(=O)c2ccccc2C(F)(F)F)cc2[nH]c(C3CC3)nc12.Cl. The van der Waals surface area contributed by atoms with E-state index in [2.05, 4.69) is 20.6 Å². The van der Waals surface area contributed by atoms with E-state index in [-0.39, 0.29) is 29.6 Å². The van der Waals surface area contributed by atoms with Gasteiger partial charge in [0.1, 0.15) is 11.3 Å². The Hall–Kier alpha value is -3.56. The molecule has 11 heteroatoms. The zero-order valence-corrected chi connectivity index (χ0v) is 20.9. The molecular formula is C26H21Cl2F3N4O2. The summed E-state index contributed by atoms with van der Waals surface area (Å²) in [5, 5.41) is 5.81. The number of benzene rings is 3. The summed E-state index contributed by atoms with van der Waals surface area (Å²) in [6.45, 7) is 1.77. The van der Waals surface area contributed by atoms with Gasteiger partial charge in [0.05, 0.1) is 22.2 Å². The van der Waals surface area contributed by atoms with Crippen molar-refractivity contribution < 1.29 is 22.8 Å². The molecule has 192 valence electrons. The first-order valence-corrected chi connectivity index (χ1v) is 11.6. The highest BCUT2D eigenvalue weighted by molar-refractivity contribution is 6.31. The lowest BCUT2D eigenvalue weighted by atomic mass is 10.1. The van der Waals surface area contributed by atoms with Crippen LogP contribution in [0.25, 0.3) is 11.0 Å². The average molecular weight is 549 g/mol. The highest BCUT2D eigenvalue weighted by atomic mass is 35.5. The van der Waals surface area contributed by atoms with E-state index in [0.717, 1.165) is 30.8 Å². The minimum atomic E-state index is -4.69. The van der Waals surface area contributed by atoms with Gasteiger partial charge in [0.15, 0.2) is 0 Å². The summed E-state index contributed by atoms with van der Waals surface area (Å²) < 4.78 is 40.3. The molecule has 1 aliphatic carbocycles. The van der Waals surface area contributed by atoms with Crippen molar-refractivity contribution in [1.29, 1.82) is 0 Å². The van der Waals surface area contributed by atoms with Gasteiger partial charge in [-0.05, 0) is 61.7 Å². The van der Waals surface area contributed by atoms with Gasteiger partial charge >= 0.3 is 6.18 Å². The minimum Gasteiger partial charge on any atom is -0.342 e. The molecule has 1 saturated carbocycles. The number of imidazole rings is 1. The molecule has 37 heavy (non-hydrogen) atoms. The number of H-pyrrole nitrogens is 1. The molecule has 4 aromatic rings. The highest BCUT2D eigenvalue weighted by Crippen LogP contribution is 2.40. The Morgan fingerprint density at radius 1 is 1.00 bits per heavy atom. The van der Waals surface area contributed by atoms with Gasteiger partial charge in [0, 0.05) is 22.3 Å². The van der Waals surface area contributed by atoms with Gasteiger partial charge in [0.2, 0.25) is 0 Å². The van der Waals surface area contributed by atoms with Gasteiger partial charge in [-0.1, -0.05) is 29.8 Å². The number of carbonyl (C=O) groups is 2. The van der Waals surface area contributed by atoms with Crippen LogP contribution in [-0.4, -0.2) is 21.8 Å². The van der Waals surface area contributed by atoms with E-state index >= 15 is 0 Å². The van der Waals surface area contributed by atoms with Crippen LogP contribution in [0.5, 0.6) is 0 Å². The van der Waals surface area contributed by atoms with Crippen molar-refractivity contribution in [3.63, 3.8) is 0 Å². The molecule has 3 aromatic carbocycles. The molecule has 0 unspecified atom stereocenters. The molecule has 0 aliphatic heterocycles. The van der Waals surface area contributed by atoms with Crippen LogP contribution in [0.1, 0.15) is 56.4 Å². The molecule has 1 fully saturated rings. The fourth-order valence-electron chi connectivity index (χ4n) is 3.99. The van der Waals surface area contributed by atoms with Crippen molar-refractivity contribution in [3.05, 3.63) is 87.7 Å². The number of nitrogens with one attached hydrogen (secondary N) is 3. The van der Waals surface area contributed by atoms with Crippen molar-refractivity contribution in [1.82, 2.24) is 9.97 Å². The van der Waals surface area contributed by atoms with E-state index in [9.17, 15) is 22.8 Å². The zero-order valence-electron chi connectivity index (χ0n) is 19.4. The van der Waals surface area contributed by atoms with Crippen LogP contribution in [0.3, 0.4) is 0 Å². The minimum absolute atomic E-state index is 0. The normalized spacial score (nSPS) is 13.2. The van der Waals surface area contributed by atoms with Gasteiger partial charge in [-0.3, -0.25) is 9.59 Å². The van der Waals surface area contributed by atoms with Crippen LogP contribution in [0.4, 0.5) is 24.5 Å². The van der Waals surface area contributed by atoms with Crippen molar-refractivity contribution in [2.45, 2.75) is 31.9 Å². The number of halogens is 5. The van der Waals surface area contributed by atoms with E-state index in [0.29, 0.717) is 27.3 Å². The zero-order chi connectivity index (χ0) is 25.6. The third-order valence-corrected chi connectivity index (χ3v) is 6.47. The average Bonchev–Trinajstić information content (AvgIpc) is 3.60. The number of aromatic amines is 1. The van der Waals surface area contributed by atoms with E-state index in [1.807, 2.05) is 0 Å². The first-order chi connectivity index (χ1) is 17.1. The Morgan fingerprint density at radius 3 is 2.41 bits per heavy atom. The summed E-state index contributed by atoms with van der Waals surface area (Å²) in [5.41, 5.74) is 0.835. The number of carbonyl (C=O) groups excluding carboxylic acids is 2. The van der Waals surface area contributed by atoms with Crippen molar-refractivity contribution in [2.75, 3.05) is 10.6 Å². The number of alkyl halides is 3. The van der Waals surface area contributed by atoms with Gasteiger partial charge in [-0.2, -0.15) is 13.2 Å². The maximum atomic E-state index is 13.4. The van der Waals surface area contributed by atoms with Crippen LogP contribution in [0.2, 0.25) is 5.02 Å². The Labute approximate surface area is 221 Å². The quantitative estimate of drug-likeness (QED) is 0.243. The van der Waals surface area contributed by atoms with Crippen LogP contribution in [0, 0.1) is 6.92 Å². The standard InChI is InChI=1S/C26H20ClF3N4O2.ClH/c1-13-19(27)7-4-8-20(13)33-25(36)17-11-15(12-21-22(17)34-23(32-21)14-9-10-14)31-24(35)16-5-2-3-6-18(16)26(28,29)30;/h2-8,11-12,14H,9-10H2,1H3,(H,31,35)(H,32,34)(H,33,36);1H. The molecule has 3 N–H and O–H groups in total. The summed E-state index contributed by atoms with van der Waals surface area (Å²) in [5.74, 6) is -0.448. The summed E-state index contributed by atoms with van der Waals surface area (Å²) in [4.78, 5) is 33.9. The molecule has 6 nitrogen and oxygen atoms in total. The first-order valence-electron chi connectivity index (χ1n) is 11.2. The number of aromatic nitrogens is 2. The highest BCUT2D eigenvalue weighted by Gasteiger charge is 2.35. The summed E-state index contributed by atoms with van der Waals surface area (Å²) in [7, 11) is 0. The summed E-state index contributed by atoms with van der Waals surface area (Å²) in [6, 6.07) is 12.6. The van der Waals surface area contributed by atoms with Crippen LogP contribution >= 0.6 is 24.0 Å². The molecule has 0 atom stereocenters. The van der Waals surface area contributed by atoms with Crippen LogP contribution in [0.15, 0.2) is 54.6 Å². The smallest absolute Gasteiger partial charge is 0.342 e. The number of amides is 2. The fourth-order valence-corrected chi connectivity index (χ4v) is 4.17. The Balaban J connectivity index is 0.00000320. The molecule has 1 aromatic heterocycles. The second-order valence-electron chi connectivity index (χ2n) is 8.68. The molecule has 0 bridgehead atoms. The third kappa shape index (κ3) is 5.42. The predicted molar refractivity (Wildman–Crippen MR) is 139 cm³/mol. The Kier molecular flexibility index (Phi) is 7.21. The topological polar surface area (TPSA) is 86.9 Å². The van der Waals surface area contributed by atoms with Crippen LogP contribution < -0.4 is 10.6 Å². The number of fused-ring (bicyclic) bond motifs is 1. The fraction of sp³-hybridized carbons (Fsp3) is 0.192. The van der Waals surface area contributed by atoms with Gasteiger partial charge in [0.25, 0.3) is 11.8 Å². The van der Waals surface area contributed by atoms with Crippen molar-refractivity contribution >= 4 is 58.2 Å². The summed E-state index contributed by atoms with van der Waals surface area (Å²) >= 11 is 6.17. The van der Waals surface area contributed by atoms with E-state index in [1.54, 1.807) is 31.2 Å². The number of rotatable bonds is 5. The largest absolute Gasteiger partial charge is 0.417 e. The molecule has 2 amide bonds. The second-order valence-corrected chi connectivity index (χ2v) is 9.09. The van der Waals surface area contributed by atoms with E-state index < -0.39 is 29.1 Å². The number of anilines is 2. The lowest BCUT2D eigenvalue weighted by Crippen LogP contribution is -2.19. The summed E-state index contributed by atoms with van der Waals surface area (Å²) in [6.07, 6.45) is -2.75. The first kappa shape index (κ1) is 26.5. The molecular weight excluding hydrogens is 528 g/mol. The number of hydrogen-bond donors (Lipinski definition) is 3. The Morgan fingerprint density at radius 2 is 1.70 bits per heavy atom. The van der Waals surface area contributed by atoms with E-state index in [1.165, 1.54) is 18.2 Å². The number of hydrogen-bond acceptors (Lipinski definition) is 3. The maximum Gasteiger partial charge on any atom is 0.417 e. The third-order valence-electron chi connectivity index (χ3n) is 6.06. The predicted octanol–water partition coefficient (Wildman–Crippen LogP) is 7.35.